The van der Waals surface area contributed by atoms with Crippen LogP contribution in [0.1, 0.15) is 16.0 Å². The molecule has 0 spiro atoms. The summed E-state index contributed by atoms with van der Waals surface area (Å²) in [5.74, 6) is -1.40. The predicted octanol–water partition coefficient (Wildman–Crippen LogP) is 3.68. The van der Waals surface area contributed by atoms with Gasteiger partial charge < -0.3 is 15.4 Å². The van der Waals surface area contributed by atoms with Crippen molar-refractivity contribution in [2.45, 2.75) is 12.1 Å². The second kappa shape index (κ2) is 9.09. The van der Waals surface area contributed by atoms with Crippen LogP contribution in [0, 0.1) is 23.1 Å². The van der Waals surface area contributed by atoms with Gasteiger partial charge in [-0.15, -0.1) is 11.3 Å². The van der Waals surface area contributed by atoms with Crippen LogP contribution in [0.2, 0.25) is 0 Å². The maximum atomic E-state index is 13.8. The fourth-order valence-electron chi connectivity index (χ4n) is 4.60. The molecule has 1 aromatic heterocycles. The van der Waals surface area contributed by atoms with Crippen molar-refractivity contribution < 1.29 is 18.7 Å². The van der Waals surface area contributed by atoms with Gasteiger partial charge in [-0.05, 0) is 35.4 Å². The summed E-state index contributed by atoms with van der Waals surface area (Å²) in [7, 11) is 1.56. The summed E-state index contributed by atoms with van der Waals surface area (Å²) < 4.78 is 19.3. The van der Waals surface area contributed by atoms with E-state index in [1.54, 1.807) is 13.1 Å². The number of halogens is 1. The molecule has 3 heterocycles. The molecule has 36 heavy (non-hydrogen) atoms. The normalized spacial score (nSPS) is 21.1. The number of rotatable bonds is 4. The maximum absolute atomic E-state index is 13.8. The average molecular weight is 504 g/mol. The van der Waals surface area contributed by atoms with Crippen molar-refractivity contribution >= 4 is 29.3 Å². The van der Waals surface area contributed by atoms with Crippen molar-refractivity contribution in [3.63, 3.8) is 0 Å². The highest BCUT2D eigenvalue weighted by Gasteiger charge is 2.57. The van der Waals surface area contributed by atoms with Gasteiger partial charge in [0.2, 0.25) is 5.91 Å². The summed E-state index contributed by atoms with van der Waals surface area (Å²) >= 11 is 1.37. The Morgan fingerprint density at radius 3 is 2.81 bits per heavy atom. The molecule has 0 aliphatic carbocycles. The van der Waals surface area contributed by atoms with E-state index in [0.717, 1.165) is 15.3 Å². The minimum absolute atomic E-state index is 0.0524. The molecule has 1 fully saturated rings. The SMILES string of the molecule is CN1C(=O)C2CN(C(=O)OCc3ccccc3)CC2(c2ccc(-c3ccc(F)c(C#N)c3)s2)N=C1N. The summed E-state index contributed by atoms with van der Waals surface area (Å²) in [4.78, 5) is 35.3. The Morgan fingerprint density at radius 1 is 1.28 bits per heavy atom. The number of hydrogen-bond donors (Lipinski definition) is 1. The Hall–Kier alpha value is -4.23. The van der Waals surface area contributed by atoms with Crippen LogP contribution in [-0.4, -0.2) is 47.9 Å². The third-order valence-corrected chi connectivity index (χ3v) is 7.87. The van der Waals surface area contributed by atoms with Crippen molar-refractivity contribution in [3.8, 4) is 16.5 Å². The predicted molar refractivity (Wildman–Crippen MR) is 132 cm³/mol. The van der Waals surface area contributed by atoms with Gasteiger partial charge in [-0.3, -0.25) is 9.69 Å². The van der Waals surface area contributed by atoms with Crippen LogP contribution in [0.5, 0.6) is 0 Å². The number of ether oxygens (including phenoxy) is 1. The highest BCUT2D eigenvalue weighted by molar-refractivity contribution is 7.15. The van der Waals surface area contributed by atoms with Crippen LogP contribution >= 0.6 is 11.3 Å². The smallest absolute Gasteiger partial charge is 0.410 e. The fourth-order valence-corrected chi connectivity index (χ4v) is 5.79. The van der Waals surface area contributed by atoms with E-state index in [9.17, 15) is 19.2 Å². The zero-order chi connectivity index (χ0) is 25.4. The van der Waals surface area contributed by atoms with E-state index in [-0.39, 0.29) is 37.1 Å². The van der Waals surface area contributed by atoms with Gasteiger partial charge in [0, 0.05) is 23.3 Å². The molecule has 5 rings (SSSR count). The number of carbonyl (C=O) groups excluding carboxylic acids is 2. The molecule has 2 N–H and O–H groups in total. The van der Waals surface area contributed by atoms with E-state index in [1.807, 2.05) is 48.5 Å². The highest BCUT2D eigenvalue weighted by Crippen LogP contribution is 2.47. The van der Waals surface area contributed by atoms with Gasteiger partial charge in [0.05, 0.1) is 18.0 Å². The lowest BCUT2D eigenvalue weighted by Gasteiger charge is -2.36. The van der Waals surface area contributed by atoms with Crippen LogP contribution in [0.15, 0.2) is 65.7 Å². The van der Waals surface area contributed by atoms with Gasteiger partial charge >= 0.3 is 6.09 Å². The molecule has 0 bridgehead atoms. The van der Waals surface area contributed by atoms with Gasteiger partial charge in [-0.1, -0.05) is 36.4 Å². The van der Waals surface area contributed by atoms with E-state index in [4.69, 9.17) is 15.5 Å². The van der Waals surface area contributed by atoms with Gasteiger partial charge in [0.15, 0.2) is 5.96 Å². The van der Waals surface area contributed by atoms with E-state index in [2.05, 4.69) is 0 Å². The molecule has 1 saturated heterocycles. The summed E-state index contributed by atoms with van der Waals surface area (Å²) in [6.45, 7) is 0.371. The molecule has 182 valence electrons. The van der Waals surface area contributed by atoms with E-state index in [1.165, 1.54) is 33.3 Å². The lowest BCUT2D eigenvalue weighted by Crippen LogP contribution is -2.54. The number of nitrogens with two attached hydrogens (primary N) is 1. The Balaban J connectivity index is 1.47. The van der Waals surface area contributed by atoms with Crippen LogP contribution in [0.25, 0.3) is 10.4 Å². The molecule has 2 atom stereocenters. The zero-order valence-corrected chi connectivity index (χ0v) is 20.2. The zero-order valence-electron chi connectivity index (χ0n) is 19.3. The van der Waals surface area contributed by atoms with Crippen molar-refractivity contribution in [2.24, 2.45) is 16.6 Å². The van der Waals surface area contributed by atoms with Gasteiger partial charge in [-0.25, -0.2) is 14.2 Å². The number of hydrogen-bond acceptors (Lipinski definition) is 7. The molecule has 2 unspecified atom stereocenters. The molecule has 2 aromatic carbocycles. The van der Waals surface area contributed by atoms with Crippen LogP contribution < -0.4 is 5.73 Å². The minimum atomic E-state index is -1.07. The van der Waals surface area contributed by atoms with Crippen LogP contribution in [-0.2, 0) is 21.7 Å². The fraction of sp³-hybridized carbons (Fsp3) is 0.231. The monoisotopic (exact) mass is 503 g/mol. The van der Waals surface area contributed by atoms with Crippen molar-refractivity contribution in [1.29, 1.82) is 5.26 Å². The Bertz CT molecular complexity index is 1420. The minimum Gasteiger partial charge on any atom is -0.445 e. The van der Waals surface area contributed by atoms with Gasteiger partial charge in [0.1, 0.15) is 24.0 Å². The Kier molecular flexibility index (Phi) is 5.94. The Morgan fingerprint density at radius 2 is 2.06 bits per heavy atom. The third-order valence-electron chi connectivity index (χ3n) is 6.57. The lowest BCUT2D eigenvalue weighted by atomic mass is 9.84. The number of nitrogens with zero attached hydrogens (tertiary/aromatic N) is 4. The van der Waals surface area contributed by atoms with Crippen LogP contribution in [0.4, 0.5) is 9.18 Å². The third kappa shape index (κ3) is 3.97. The maximum Gasteiger partial charge on any atom is 0.410 e. The van der Waals surface area contributed by atoms with E-state index < -0.39 is 23.4 Å². The summed E-state index contributed by atoms with van der Waals surface area (Å²) in [6.07, 6.45) is -0.536. The molecule has 2 amide bonds. The first-order valence-corrected chi connectivity index (χ1v) is 12.0. The second-order valence-corrected chi connectivity index (χ2v) is 9.82. The molecule has 3 aromatic rings. The first kappa shape index (κ1) is 23.5. The number of nitriles is 1. The topological polar surface area (TPSA) is 112 Å². The second-order valence-electron chi connectivity index (χ2n) is 8.74. The first-order valence-electron chi connectivity index (χ1n) is 11.2. The molecule has 10 heteroatoms. The van der Waals surface area contributed by atoms with Crippen molar-refractivity contribution in [3.05, 3.63) is 82.5 Å². The van der Waals surface area contributed by atoms with Crippen molar-refractivity contribution in [2.75, 3.05) is 20.1 Å². The average Bonchev–Trinajstić information content (AvgIpc) is 3.54. The molecule has 2 aliphatic rings. The number of guanidine groups is 1. The number of fused-ring (bicyclic) bond motifs is 1. The first-order chi connectivity index (χ1) is 17.3. The van der Waals surface area contributed by atoms with Gasteiger partial charge in [-0.2, -0.15) is 5.26 Å². The number of amides is 2. The van der Waals surface area contributed by atoms with Crippen LogP contribution in [0.3, 0.4) is 0 Å². The largest absolute Gasteiger partial charge is 0.445 e. The number of carbonyl (C=O) groups is 2. The molecular formula is C26H22FN5O3S. The molecule has 8 nitrogen and oxygen atoms in total. The summed E-state index contributed by atoms with van der Waals surface area (Å²) in [6, 6.07) is 19.2. The van der Waals surface area contributed by atoms with Gasteiger partial charge in [0.25, 0.3) is 0 Å². The molecule has 0 saturated carbocycles. The lowest BCUT2D eigenvalue weighted by molar-refractivity contribution is -0.132. The van der Waals surface area contributed by atoms with E-state index >= 15 is 0 Å². The Labute approximate surface area is 211 Å². The van der Waals surface area contributed by atoms with E-state index in [0.29, 0.717) is 5.56 Å². The summed E-state index contributed by atoms with van der Waals surface area (Å²) in [5.41, 5.74) is 6.53. The number of aliphatic imine (C=N–C) groups is 1. The number of benzene rings is 2. The number of thiophene rings is 1. The molecule has 0 radical (unpaired) electrons. The quantitative estimate of drug-likeness (QED) is 0.584. The standard InChI is InChI=1S/C26H22FN5O3S/c1-31-23(33)19-13-32(25(34)35-14-16-5-3-2-4-6-16)15-26(19,30-24(31)29)22-10-9-21(36-22)17-7-8-20(27)18(11-17)12-28/h2-11,19H,13-15H2,1H3,(H2,29,30). The number of likely N-dealkylation sites (tertiary alicyclic amines) is 1. The van der Waals surface area contributed by atoms with Crippen molar-refractivity contribution in [1.82, 2.24) is 9.80 Å². The molecular weight excluding hydrogens is 481 g/mol. The molecule has 2 aliphatic heterocycles. The highest BCUT2D eigenvalue weighted by atomic mass is 32.1. The summed E-state index contributed by atoms with van der Waals surface area (Å²) in [5, 5.41) is 9.19.